The molecule has 1 saturated heterocycles. The number of likely N-dealkylation sites (tertiary alicyclic amines) is 1. The van der Waals surface area contributed by atoms with Gasteiger partial charge >= 0.3 is 0 Å². The van der Waals surface area contributed by atoms with Crippen LogP contribution in [-0.2, 0) is 16.0 Å². The van der Waals surface area contributed by atoms with E-state index in [1.165, 1.54) is 12.1 Å². The molecule has 2 amide bonds. The summed E-state index contributed by atoms with van der Waals surface area (Å²) in [6, 6.07) is 12.1. The molecule has 1 aliphatic heterocycles. The number of anilines is 1. The second-order valence-electron chi connectivity index (χ2n) is 8.60. The van der Waals surface area contributed by atoms with Crippen LogP contribution in [0.25, 0.3) is 0 Å². The van der Waals surface area contributed by atoms with E-state index >= 15 is 0 Å². The molecular weight excluding hydrogens is 407 g/mol. The number of hydrogen-bond donors (Lipinski definition) is 1. The van der Waals surface area contributed by atoms with Gasteiger partial charge in [0.1, 0.15) is 11.6 Å². The Morgan fingerprint density at radius 2 is 1.94 bits per heavy atom. The third-order valence-corrected chi connectivity index (χ3v) is 6.13. The van der Waals surface area contributed by atoms with Gasteiger partial charge in [-0.05, 0) is 86.4 Å². The molecule has 1 atom stereocenters. The van der Waals surface area contributed by atoms with E-state index in [9.17, 15) is 14.0 Å². The molecular formula is C26H33FN2O3. The van der Waals surface area contributed by atoms with Crippen LogP contribution < -0.4 is 10.1 Å². The van der Waals surface area contributed by atoms with Gasteiger partial charge in [-0.15, -0.1) is 0 Å². The molecule has 0 spiro atoms. The third-order valence-electron chi connectivity index (χ3n) is 6.13. The number of halogens is 1. The van der Waals surface area contributed by atoms with Crippen molar-refractivity contribution in [3.05, 3.63) is 59.4 Å². The highest BCUT2D eigenvalue weighted by atomic mass is 19.1. The summed E-state index contributed by atoms with van der Waals surface area (Å²) >= 11 is 0. The summed E-state index contributed by atoms with van der Waals surface area (Å²) in [6.07, 6.45) is 5.29. The molecule has 172 valence electrons. The molecule has 1 aliphatic rings. The number of ether oxygens (including phenoxy) is 1. The molecule has 3 rings (SSSR count). The average Bonchev–Trinajstić information content (AvgIpc) is 2.80. The molecule has 0 bridgehead atoms. The number of methoxy groups -OCH3 is 1. The van der Waals surface area contributed by atoms with Crippen LogP contribution >= 0.6 is 0 Å². The summed E-state index contributed by atoms with van der Waals surface area (Å²) in [6.45, 7) is 3.46. The first-order chi connectivity index (χ1) is 15.4. The van der Waals surface area contributed by atoms with Gasteiger partial charge in [-0.2, -0.15) is 0 Å². The standard InChI is InChI=1S/C26H33FN2O3/c1-19-17-23(32-2)13-14-24(19)28-25(30)15-10-21-6-4-16-29(18-21)26(31)7-3-5-20-8-11-22(27)12-9-20/h8-9,11-14,17,21H,3-7,10,15-16,18H2,1-2H3,(H,28,30)/t21-/m0/s1. The van der Waals surface area contributed by atoms with E-state index in [1.54, 1.807) is 19.2 Å². The predicted molar refractivity (Wildman–Crippen MR) is 124 cm³/mol. The summed E-state index contributed by atoms with van der Waals surface area (Å²) in [5.74, 6) is 1.06. The van der Waals surface area contributed by atoms with Gasteiger partial charge in [-0.3, -0.25) is 9.59 Å². The summed E-state index contributed by atoms with van der Waals surface area (Å²) in [5, 5.41) is 2.98. The first-order valence-corrected chi connectivity index (χ1v) is 11.4. The van der Waals surface area contributed by atoms with Crippen molar-refractivity contribution in [2.24, 2.45) is 5.92 Å². The second kappa shape index (κ2) is 11.7. The molecule has 0 aromatic heterocycles. The van der Waals surface area contributed by atoms with E-state index < -0.39 is 0 Å². The van der Waals surface area contributed by atoms with Crippen LogP contribution in [0.3, 0.4) is 0 Å². The van der Waals surface area contributed by atoms with Gasteiger partial charge in [0.05, 0.1) is 7.11 Å². The van der Waals surface area contributed by atoms with Gasteiger partial charge in [-0.25, -0.2) is 4.39 Å². The Hall–Kier alpha value is -2.89. The van der Waals surface area contributed by atoms with Crippen LogP contribution in [0.1, 0.15) is 49.7 Å². The van der Waals surface area contributed by atoms with Crippen LogP contribution in [-0.4, -0.2) is 36.9 Å². The predicted octanol–water partition coefficient (Wildman–Crippen LogP) is 5.12. The van der Waals surface area contributed by atoms with Crippen molar-refractivity contribution in [3.8, 4) is 5.75 Å². The number of piperidine rings is 1. The van der Waals surface area contributed by atoms with E-state index in [1.807, 2.05) is 30.0 Å². The molecule has 2 aromatic rings. The van der Waals surface area contributed by atoms with Gasteiger partial charge in [-0.1, -0.05) is 12.1 Å². The fraction of sp³-hybridized carbons (Fsp3) is 0.462. The molecule has 0 saturated carbocycles. The molecule has 1 N–H and O–H groups in total. The molecule has 1 fully saturated rings. The van der Waals surface area contributed by atoms with Gasteiger partial charge in [0.25, 0.3) is 0 Å². The number of benzene rings is 2. The normalized spacial score (nSPS) is 16.0. The quantitative estimate of drug-likeness (QED) is 0.589. The lowest BCUT2D eigenvalue weighted by Crippen LogP contribution is -2.40. The first kappa shape index (κ1) is 23.8. The number of carbonyl (C=O) groups is 2. The maximum Gasteiger partial charge on any atom is 0.224 e. The van der Waals surface area contributed by atoms with E-state index in [2.05, 4.69) is 5.32 Å². The zero-order valence-corrected chi connectivity index (χ0v) is 19.0. The lowest BCUT2D eigenvalue weighted by atomic mass is 9.93. The molecule has 32 heavy (non-hydrogen) atoms. The van der Waals surface area contributed by atoms with Crippen LogP contribution in [0.4, 0.5) is 10.1 Å². The average molecular weight is 441 g/mol. The SMILES string of the molecule is COc1ccc(NC(=O)CC[C@@H]2CCCN(C(=O)CCCc3ccc(F)cc3)C2)c(C)c1. The van der Waals surface area contributed by atoms with Crippen molar-refractivity contribution in [2.45, 2.75) is 51.9 Å². The third kappa shape index (κ3) is 7.08. The monoisotopic (exact) mass is 440 g/mol. The number of aryl methyl sites for hydroxylation is 2. The Bertz CT molecular complexity index is 914. The topological polar surface area (TPSA) is 58.6 Å². The van der Waals surface area contributed by atoms with Crippen molar-refractivity contribution in [1.82, 2.24) is 4.90 Å². The molecule has 0 radical (unpaired) electrons. The minimum absolute atomic E-state index is 0.000940. The number of rotatable bonds is 9. The second-order valence-corrected chi connectivity index (χ2v) is 8.60. The van der Waals surface area contributed by atoms with Crippen molar-refractivity contribution in [1.29, 1.82) is 0 Å². The van der Waals surface area contributed by atoms with Gasteiger partial charge in [0.15, 0.2) is 0 Å². The Labute approximate surface area is 190 Å². The smallest absolute Gasteiger partial charge is 0.224 e. The summed E-state index contributed by atoms with van der Waals surface area (Å²) < 4.78 is 18.2. The number of nitrogens with zero attached hydrogens (tertiary/aromatic N) is 1. The van der Waals surface area contributed by atoms with Crippen molar-refractivity contribution in [3.63, 3.8) is 0 Å². The zero-order chi connectivity index (χ0) is 22.9. The molecule has 0 unspecified atom stereocenters. The highest BCUT2D eigenvalue weighted by Gasteiger charge is 2.23. The summed E-state index contributed by atoms with van der Waals surface area (Å²) in [7, 11) is 1.62. The zero-order valence-electron chi connectivity index (χ0n) is 19.0. The van der Waals surface area contributed by atoms with Crippen molar-refractivity contribution >= 4 is 17.5 Å². The number of hydrogen-bond acceptors (Lipinski definition) is 3. The molecule has 1 heterocycles. The van der Waals surface area contributed by atoms with Crippen LogP contribution in [0, 0.1) is 18.7 Å². The number of carbonyl (C=O) groups excluding carboxylic acids is 2. The summed E-state index contributed by atoms with van der Waals surface area (Å²) in [4.78, 5) is 27.0. The Balaban J connectivity index is 1.39. The van der Waals surface area contributed by atoms with E-state index in [-0.39, 0.29) is 17.6 Å². The maximum atomic E-state index is 13.0. The number of nitrogens with one attached hydrogen (secondary N) is 1. The summed E-state index contributed by atoms with van der Waals surface area (Å²) in [5.41, 5.74) is 2.82. The van der Waals surface area contributed by atoms with Gasteiger partial charge < -0.3 is 15.0 Å². The van der Waals surface area contributed by atoms with Crippen LogP contribution in [0.15, 0.2) is 42.5 Å². The minimum Gasteiger partial charge on any atom is -0.497 e. The number of amides is 2. The largest absolute Gasteiger partial charge is 0.497 e. The van der Waals surface area contributed by atoms with Crippen LogP contribution in [0.2, 0.25) is 0 Å². The lowest BCUT2D eigenvalue weighted by molar-refractivity contribution is -0.133. The molecule has 5 nitrogen and oxygen atoms in total. The van der Waals surface area contributed by atoms with E-state index in [0.717, 1.165) is 67.8 Å². The van der Waals surface area contributed by atoms with Crippen molar-refractivity contribution < 1.29 is 18.7 Å². The van der Waals surface area contributed by atoms with Crippen molar-refractivity contribution in [2.75, 3.05) is 25.5 Å². The maximum absolute atomic E-state index is 13.0. The molecule has 2 aromatic carbocycles. The highest BCUT2D eigenvalue weighted by Crippen LogP contribution is 2.24. The fourth-order valence-corrected chi connectivity index (χ4v) is 4.23. The Morgan fingerprint density at radius 3 is 2.66 bits per heavy atom. The van der Waals surface area contributed by atoms with Crippen LogP contribution in [0.5, 0.6) is 5.75 Å². The Morgan fingerprint density at radius 1 is 1.16 bits per heavy atom. The van der Waals surface area contributed by atoms with Gasteiger partial charge in [0, 0.05) is 31.6 Å². The van der Waals surface area contributed by atoms with E-state index in [0.29, 0.717) is 18.8 Å². The molecule has 0 aliphatic carbocycles. The minimum atomic E-state index is -0.239. The first-order valence-electron chi connectivity index (χ1n) is 11.4. The lowest BCUT2D eigenvalue weighted by Gasteiger charge is -2.33. The highest BCUT2D eigenvalue weighted by molar-refractivity contribution is 5.91. The Kier molecular flexibility index (Phi) is 8.65. The van der Waals surface area contributed by atoms with E-state index in [4.69, 9.17) is 4.74 Å². The molecule has 6 heteroatoms. The van der Waals surface area contributed by atoms with Gasteiger partial charge in [0.2, 0.25) is 11.8 Å². The fourth-order valence-electron chi connectivity index (χ4n) is 4.23.